The zero-order valence-corrected chi connectivity index (χ0v) is 17.4. The molecule has 144 valence electrons. The molecule has 1 saturated heterocycles. The summed E-state index contributed by atoms with van der Waals surface area (Å²) < 4.78 is 5.49. The molecule has 5 heteroatoms. The van der Waals surface area contributed by atoms with Crippen LogP contribution in [-0.2, 0) is 4.74 Å². The van der Waals surface area contributed by atoms with Crippen molar-refractivity contribution in [3.63, 3.8) is 0 Å². The summed E-state index contributed by atoms with van der Waals surface area (Å²) in [5.41, 5.74) is 2.05. The number of carbonyl (C=O) groups excluding carboxylic acids is 1. The molecule has 0 unspecified atom stereocenters. The molecule has 3 rings (SSSR count). The normalized spacial score (nSPS) is 15.0. The number of rotatable bonds is 3. The molecule has 1 aliphatic heterocycles. The van der Waals surface area contributed by atoms with Crippen molar-refractivity contribution < 1.29 is 9.53 Å². The number of para-hydroxylation sites is 1. The van der Waals surface area contributed by atoms with Crippen molar-refractivity contribution in [2.75, 3.05) is 31.1 Å². The molecule has 0 saturated carbocycles. The Labute approximate surface area is 166 Å². The maximum absolute atomic E-state index is 12.3. The predicted molar refractivity (Wildman–Crippen MR) is 112 cm³/mol. The van der Waals surface area contributed by atoms with Crippen LogP contribution in [0.4, 0.5) is 10.5 Å². The van der Waals surface area contributed by atoms with Gasteiger partial charge in [0, 0.05) is 36.0 Å². The minimum absolute atomic E-state index is 0.218. The van der Waals surface area contributed by atoms with E-state index in [1.807, 2.05) is 20.8 Å². The maximum Gasteiger partial charge on any atom is 0.410 e. The fraction of sp³-hybridized carbons (Fsp3) is 0.409. The summed E-state index contributed by atoms with van der Waals surface area (Å²) in [6, 6.07) is 17.1. The number of piperazine rings is 1. The molecule has 0 radical (unpaired) electrons. The van der Waals surface area contributed by atoms with Gasteiger partial charge in [-0.05, 0) is 52.0 Å². The van der Waals surface area contributed by atoms with E-state index in [0.717, 1.165) is 13.1 Å². The lowest BCUT2D eigenvalue weighted by atomic mass is 10.2. The van der Waals surface area contributed by atoms with Crippen LogP contribution in [-0.4, -0.2) is 42.8 Å². The van der Waals surface area contributed by atoms with Crippen LogP contribution in [0.1, 0.15) is 26.3 Å². The first-order chi connectivity index (χ1) is 12.8. The second-order valence-corrected chi connectivity index (χ2v) is 8.95. The molecule has 2 aromatic rings. The van der Waals surface area contributed by atoms with Gasteiger partial charge in [0.2, 0.25) is 0 Å². The Kier molecular flexibility index (Phi) is 6.00. The average Bonchev–Trinajstić information content (AvgIpc) is 2.63. The molecular weight excluding hydrogens is 356 g/mol. The standard InChI is InChI=1S/C22H28N2O2S/c1-17-9-11-18(12-10-17)27-20-8-6-5-7-19(20)23-13-15-24(16-14-23)21(25)26-22(2,3)4/h5-12H,13-16H2,1-4H3. The molecule has 27 heavy (non-hydrogen) atoms. The van der Waals surface area contributed by atoms with Crippen molar-refractivity contribution in [3.05, 3.63) is 54.1 Å². The topological polar surface area (TPSA) is 32.8 Å². The van der Waals surface area contributed by atoms with Crippen LogP contribution in [0.25, 0.3) is 0 Å². The SMILES string of the molecule is Cc1ccc(Sc2ccccc2N2CCN(C(=O)OC(C)(C)C)CC2)cc1. The Bertz CT molecular complexity index is 776. The van der Waals surface area contributed by atoms with Gasteiger partial charge >= 0.3 is 6.09 Å². The van der Waals surface area contributed by atoms with Crippen LogP contribution in [0.5, 0.6) is 0 Å². The highest BCUT2D eigenvalue weighted by Gasteiger charge is 2.26. The van der Waals surface area contributed by atoms with Crippen LogP contribution in [0.2, 0.25) is 0 Å². The lowest BCUT2D eigenvalue weighted by Gasteiger charge is -2.37. The van der Waals surface area contributed by atoms with Gasteiger partial charge in [0.1, 0.15) is 5.60 Å². The highest BCUT2D eigenvalue weighted by molar-refractivity contribution is 7.99. The van der Waals surface area contributed by atoms with E-state index in [4.69, 9.17) is 4.74 Å². The van der Waals surface area contributed by atoms with Crippen molar-refractivity contribution in [1.29, 1.82) is 0 Å². The maximum atomic E-state index is 12.3. The molecule has 0 atom stereocenters. The number of carbonyl (C=O) groups is 1. The monoisotopic (exact) mass is 384 g/mol. The Hall–Kier alpha value is -2.14. The van der Waals surface area contributed by atoms with Crippen molar-refractivity contribution in [2.45, 2.75) is 43.1 Å². The number of amides is 1. The lowest BCUT2D eigenvalue weighted by Crippen LogP contribution is -2.50. The number of benzene rings is 2. The third-order valence-electron chi connectivity index (χ3n) is 4.39. The first-order valence-electron chi connectivity index (χ1n) is 9.38. The molecule has 0 N–H and O–H groups in total. The Morgan fingerprint density at radius 3 is 2.22 bits per heavy atom. The van der Waals surface area contributed by atoms with E-state index in [2.05, 4.69) is 60.4 Å². The van der Waals surface area contributed by atoms with Crippen molar-refractivity contribution in [3.8, 4) is 0 Å². The Morgan fingerprint density at radius 1 is 0.963 bits per heavy atom. The van der Waals surface area contributed by atoms with Gasteiger partial charge in [0.05, 0.1) is 5.69 Å². The number of ether oxygens (including phenoxy) is 1. The molecule has 0 aliphatic carbocycles. The van der Waals surface area contributed by atoms with Crippen LogP contribution < -0.4 is 4.90 Å². The van der Waals surface area contributed by atoms with Gasteiger partial charge in [-0.15, -0.1) is 0 Å². The number of hydrogen-bond donors (Lipinski definition) is 0. The highest BCUT2D eigenvalue weighted by Crippen LogP contribution is 2.35. The van der Waals surface area contributed by atoms with Gasteiger partial charge in [-0.25, -0.2) is 4.79 Å². The van der Waals surface area contributed by atoms with E-state index in [1.165, 1.54) is 21.0 Å². The summed E-state index contributed by atoms with van der Waals surface area (Å²) in [4.78, 5) is 18.9. The quantitative estimate of drug-likeness (QED) is 0.728. The lowest BCUT2D eigenvalue weighted by molar-refractivity contribution is 0.0240. The van der Waals surface area contributed by atoms with E-state index in [1.54, 1.807) is 16.7 Å². The van der Waals surface area contributed by atoms with Crippen LogP contribution in [0.3, 0.4) is 0 Å². The molecule has 1 fully saturated rings. The molecule has 1 aliphatic rings. The molecule has 0 bridgehead atoms. The third kappa shape index (κ3) is 5.42. The van der Waals surface area contributed by atoms with Crippen LogP contribution in [0.15, 0.2) is 58.3 Å². The van der Waals surface area contributed by atoms with Crippen molar-refractivity contribution >= 4 is 23.5 Å². The Balaban J connectivity index is 1.66. The molecule has 2 aromatic carbocycles. The molecular formula is C22H28N2O2S. The minimum Gasteiger partial charge on any atom is -0.444 e. The number of hydrogen-bond acceptors (Lipinski definition) is 4. The van der Waals surface area contributed by atoms with Gasteiger partial charge in [0.15, 0.2) is 0 Å². The summed E-state index contributed by atoms with van der Waals surface area (Å²) in [6.07, 6.45) is -0.218. The summed E-state index contributed by atoms with van der Waals surface area (Å²) in [7, 11) is 0. The third-order valence-corrected chi connectivity index (χ3v) is 5.46. The van der Waals surface area contributed by atoms with Gasteiger partial charge < -0.3 is 14.5 Å². The summed E-state index contributed by atoms with van der Waals surface area (Å²) >= 11 is 1.78. The zero-order valence-electron chi connectivity index (χ0n) is 16.6. The smallest absolute Gasteiger partial charge is 0.410 e. The number of aryl methyl sites for hydroxylation is 1. The van der Waals surface area contributed by atoms with E-state index < -0.39 is 5.60 Å². The zero-order chi connectivity index (χ0) is 19.4. The van der Waals surface area contributed by atoms with Gasteiger partial charge in [-0.2, -0.15) is 0 Å². The Morgan fingerprint density at radius 2 is 1.59 bits per heavy atom. The molecule has 4 nitrogen and oxygen atoms in total. The molecule has 1 heterocycles. The first kappa shape index (κ1) is 19.6. The fourth-order valence-corrected chi connectivity index (χ4v) is 3.97. The molecule has 0 aromatic heterocycles. The predicted octanol–water partition coefficient (Wildman–Crippen LogP) is 5.20. The van der Waals surface area contributed by atoms with E-state index in [9.17, 15) is 4.79 Å². The summed E-state index contributed by atoms with van der Waals surface area (Å²) in [5, 5.41) is 0. The van der Waals surface area contributed by atoms with Crippen molar-refractivity contribution in [1.82, 2.24) is 4.90 Å². The average molecular weight is 385 g/mol. The van der Waals surface area contributed by atoms with Gasteiger partial charge in [-0.3, -0.25) is 0 Å². The highest BCUT2D eigenvalue weighted by atomic mass is 32.2. The summed E-state index contributed by atoms with van der Waals surface area (Å²) in [5.74, 6) is 0. The van der Waals surface area contributed by atoms with Crippen molar-refractivity contribution in [2.24, 2.45) is 0 Å². The second kappa shape index (κ2) is 8.26. The van der Waals surface area contributed by atoms with E-state index in [-0.39, 0.29) is 6.09 Å². The fourth-order valence-electron chi connectivity index (χ4n) is 2.99. The van der Waals surface area contributed by atoms with Gasteiger partial charge in [0.25, 0.3) is 0 Å². The minimum atomic E-state index is -0.453. The van der Waals surface area contributed by atoms with E-state index >= 15 is 0 Å². The first-order valence-corrected chi connectivity index (χ1v) is 10.2. The molecule has 0 spiro atoms. The number of anilines is 1. The van der Waals surface area contributed by atoms with Crippen LogP contribution in [0, 0.1) is 6.92 Å². The largest absolute Gasteiger partial charge is 0.444 e. The summed E-state index contributed by atoms with van der Waals surface area (Å²) in [6.45, 7) is 10.8. The number of nitrogens with zero attached hydrogens (tertiary/aromatic N) is 2. The second-order valence-electron chi connectivity index (χ2n) is 7.84. The molecule has 1 amide bonds. The van der Waals surface area contributed by atoms with Crippen LogP contribution >= 0.6 is 11.8 Å². The van der Waals surface area contributed by atoms with E-state index in [0.29, 0.717) is 13.1 Å². The van der Waals surface area contributed by atoms with Gasteiger partial charge in [-0.1, -0.05) is 41.6 Å².